The molecule has 0 aliphatic rings. The van der Waals surface area contributed by atoms with E-state index in [0.29, 0.717) is 0 Å². The van der Waals surface area contributed by atoms with Crippen LogP contribution < -0.4 is 16.9 Å². The monoisotopic (exact) mass is 118 g/mol. The second kappa shape index (κ2) is 3.05. The van der Waals surface area contributed by atoms with Gasteiger partial charge in [0.05, 0.1) is 5.29 Å². The minimum Gasteiger partial charge on any atom is -0.308 e. The van der Waals surface area contributed by atoms with Crippen molar-refractivity contribution in [1.29, 1.82) is 0 Å². The van der Waals surface area contributed by atoms with Crippen LogP contribution in [0.2, 0.25) is 0 Å². The van der Waals surface area contributed by atoms with Crippen LogP contribution in [0.4, 0.5) is 0 Å². The van der Waals surface area contributed by atoms with Crippen molar-refractivity contribution in [2.24, 2.45) is 16.8 Å². The lowest BCUT2D eigenvalue weighted by atomic mass is 10.5. The number of nitrogens with two attached hydrogens (primary N) is 2. The Balaban J connectivity index is 3.48. The number of carbonyl (C=O) groups excluding carboxylic acids is 1. The summed E-state index contributed by atoms with van der Waals surface area (Å²) in [4.78, 5) is 19.3. The Kier molecular flexibility index (Phi) is 2.67. The van der Waals surface area contributed by atoms with Crippen molar-refractivity contribution in [3.63, 3.8) is 0 Å². The molecule has 0 fully saturated rings. The Labute approximate surface area is 45.2 Å². The fraction of sp³-hybridized carbons (Fsp3) is 0.500. The molecule has 8 heavy (non-hydrogen) atoms. The van der Waals surface area contributed by atoms with Crippen molar-refractivity contribution in [2.75, 3.05) is 0 Å². The first-order valence-corrected chi connectivity index (χ1v) is 1.82. The Morgan fingerprint density at radius 3 is 2.25 bits per heavy atom. The molecule has 0 saturated heterocycles. The lowest BCUT2D eigenvalue weighted by Crippen LogP contribution is -2.44. The molecule has 0 aliphatic carbocycles. The predicted molar refractivity (Wildman–Crippen MR) is 26.1 cm³/mol. The molecule has 0 aromatic heterocycles. The fourth-order valence-electron chi connectivity index (χ4n) is 0.120. The van der Waals surface area contributed by atoms with E-state index in [9.17, 15) is 9.70 Å². The summed E-state index contributed by atoms with van der Waals surface area (Å²) in [6.07, 6.45) is -1.17. The number of nitrogens with one attached hydrogen (secondary N) is 1. The van der Waals surface area contributed by atoms with Crippen molar-refractivity contribution in [3.8, 4) is 0 Å². The lowest BCUT2D eigenvalue weighted by molar-refractivity contribution is -0.122. The standard InChI is InChI=1S/C2H6N4O2/c3-1(4)2(7)5-6-8/h1H,3-4H2,(H,5,7,8). The van der Waals surface area contributed by atoms with Crippen molar-refractivity contribution in [3.05, 3.63) is 4.91 Å². The van der Waals surface area contributed by atoms with Crippen LogP contribution in [0.1, 0.15) is 0 Å². The number of nitrogens with zero attached hydrogens (tertiary/aromatic N) is 1. The zero-order valence-corrected chi connectivity index (χ0v) is 4.00. The van der Waals surface area contributed by atoms with Crippen LogP contribution >= 0.6 is 0 Å². The van der Waals surface area contributed by atoms with Crippen LogP contribution in [0.5, 0.6) is 0 Å². The Morgan fingerprint density at radius 1 is 1.62 bits per heavy atom. The molecular weight excluding hydrogens is 112 g/mol. The topological polar surface area (TPSA) is 111 Å². The highest BCUT2D eigenvalue weighted by molar-refractivity contribution is 5.80. The van der Waals surface area contributed by atoms with Crippen molar-refractivity contribution in [2.45, 2.75) is 6.17 Å². The quantitative estimate of drug-likeness (QED) is 0.222. The third-order valence-electron chi connectivity index (χ3n) is 0.459. The molecule has 0 radical (unpaired) electrons. The van der Waals surface area contributed by atoms with Gasteiger partial charge >= 0.3 is 0 Å². The minimum atomic E-state index is -1.17. The molecule has 0 saturated carbocycles. The van der Waals surface area contributed by atoms with Gasteiger partial charge in [0.15, 0.2) is 0 Å². The van der Waals surface area contributed by atoms with Gasteiger partial charge in [0, 0.05) is 0 Å². The summed E-state index contributed by atoms with van der Waals surface area (Å²) in [7, 11) is 0. The van der Waals surface area contributed by atoms with Crippen LogP contribution in [0.3, 0.4) is 0 Å². The molecule has 0 aromatic carbocycles. The van der Waals surface area contributed by atoms with Gasteiger partial charge in [-0.1, -0.05) is 0 Å². The molecule has 6 heteroatoms. The van der Waals surface area contributed by atoms with Gasteiger partial charge in [-0.3, -0.25) is 4.79 Å². The molecule has 5 N–H and O–H groups in total. The predicted octanol–water partition coefficient (Wildman–Crippen LogP) is -1.97. The molecule has 0 spiro atoms. The number of hydrogen-bond donors (Lipinski definition) is 3. The molecule has 0 aliphatic heterocycles. The summed E-state index contributed by atoms with van der Waals surface area (Å²) in [6.45, 7) is 0. The number of nitroso groups, excluding NO2 is 1. The highest BCUT2D eigenvalue weighted by atomic mass is 16.3. The molecule has 1 amide bonds. The van der Waals surface area contributed by atoms with Crippen LogP contribution in [0.15, 0.2) is 5.29 Å². The minimum absolute atomic E-state index is 0.792. The largest absolute Gasteiger partial charge is 0.308 e. The zero-order valence-electron chi connectivity index (χ0n) is 4.00. The van der Waals surface area contributed by atoms with Crippen molar-refractivity contribution >= 4 is 5.91 Å². The highest BCUT2D eigenvalue weighted by Gasteiger charge is 2.04. The van der Waals surface area contributed by atoms with E-state index in [4.69, 9.17) is 11.5 Å². The summed E-state index contributed by atoms with van der Waals surface area (Å²) in [6, 6.07) is 0. The number of hydrogen-bond acceptors (Lipinski definition) is 5. The second-order valence-electron chi connectivity index (χ2n) is 1.09. The van der Waals surface area contributed by atoms with Gasteiger partial charge in [0.2, 0.25) is 0 Å². The fourth-order valence-corrected chi connectivity index (χ4v) is 0.120. The molecule has 0 aromatic rings. The van der Waals surface area contributed by atoms with Crippen LogP contribution in [0, 0.1) is 4.91 Å². The van der Waals surface area contributed by atoms with E-state index >= 15 is 0 Å². The Bertz CT molecular complexity index is 100. The average molecular weight is 118 g/mol. The summed E-state index contributed by atoms with van der Waals surface area (Å²) >= 11 is 0. The highest BCUT2D eigenvalue weighted by Crippen LogP contribution is 1.63. The first kappa shape index (κ1) is 6.99. The average Bonchev–Trinajstić information content (AvgIpc) is 1.67. The van der Waals surface area contributed by atoms with Crippen LogP contribution in [0.25, 0.3) is 0 Å². The van der Waals surface area contributed by atoms with Gasteiger partial charge < -0.3 is 11.5 Å². The van der Waals surface area contributed by atoms with Gasteiger partial charge in [-0.15, -0.1) is 4.91 Å². The maximum atomic E-state index is 10.1. The van der Waals surface area contributed by atoms with Crippen LogP contribution in [-0.4, -0.2) is 12.1 Å². The first-order chi connectivity index (χ1) is 3.68. The third kappa shape index (κ3) is 2.21. The van der Waals surface area contributed by atoms with E-state index < -0.39 is 12.1 Å². The van der Waals surface area contributed by atoms with Crippen molar-refractivity contribution in [1.82, 2.24) is 5.43 Å². The van der Waals surface area contributed by atoms with Gasteiger partial charge in [-0.2, -0.15) is 0 Å². The van der Waals surface area contributed by atoms with Gasteiger partial charge in [0.25, 0.3) is 5.91 Å². The summed E-state index contributed by atoms with van der Waals surface area (Å²) < 4.78 is 0. The summed E-state index contributed by atoms with van der Waals surface area (Å²) in [5.74, 6) is -0.792. The van der Waals surface area contributed by atoms with E-state index in [1.807, 2.05) is 5.29 Å². The van der Waals surface area contributed by atoms with Gasteiger partial charge in [-0.25, -0.2) is 5.43 Å². The summed E-state index contributed by atoms with van der Waals surface area (Å²) in [5.41, 5.74) is 11.1. The SMILES string of the molecule is NC(N)C(=O)NN=O. The van der Waals surface area contributed by atoms with Crippen molar-refractivity contribution < 1.29 is 4.79 Å². The van der Waals surface area contributed by atoms with Gasteiger partial charge in [0.1, 0.15) is 6.17 Å². The lowest BCUT2D eigenvalue weighted by Gasteiger charge is -1.97. The molecule has 0 bridgehead atoms. The molecular formula is C2H6N4O2. The van der Waals surface area contributed by atoms with E-state index in [-0.39, 0.29) is 0 Å². The maximum Gasteiger partial charge on any atom is 0.274 e. The van der Waals surface area contributed by atoms with E-state index in [0.717, 1.165) is 0 Å². The maximum absolute atomic E-state index is 10.1. The van der Waals surface area contributed by atoms with E-state index in [1.54, 1.807) is 0 Å². The van der Waals surface area contributed by atoms with Crippen LogP contribution in [-0.2, 0) is 4.79 Å². The number of carbonyl (C=O) groups is 1. The Morgan fingerprint density at radius 2 is 2.12 bits per heavy atom. The molecule has 0 rings (SSSR count). The van der Waals surface area contributed by atoms with E-state index in [1.165, 1.54) is 5.43 Å². The second-order valence-corrected chi connectivity index (χ2v) is 1.09. The molecule has 0 unspecified atom stereocenters. The van der Waals surface area contributed by atoms with E-state index in [2.05, 4.69) is 0 Å². The molecule has 0 atom stereocenters. The summed E-state index contributed by atoms with van der Waals surface area (Å²) in [5, 5.41) is 2.05. The van der Waals surface area contributed by atoms with Gasteiger partial charge in [-0.05, 0) is 0 Å². The number of rotatable bonds is 2. The smallest absolute Gasteiger partial charge is 0.274 e. The Hall–Kier alpha value is -1.01. The normalized spacial score (nSPS) is 8.88. The third-order valence-corrected chi connectivity index (χ3v) is 0.459. The molecule has 6 nitrogen and oxygen atoms in total. The first-order valence-electron chi connectivity index (χ1n) is 1.82. The number of amides is 1. The molecule has 46 valence electrons. The zero-order chi connectivity index (χ0) is 6.57. The molecule has 0 heterocycles.